The Hall–Kier alpha value is -4.23. The van der Waals surface area contributed by atoms with E-state index in [1.165, 1.54) is 12.1 Å². The van der Waals surface area contributed by atoms with Crippen LogP contribution in [0.25, 0.3) is 39.3 Å². The van der Waals surface area contributed by atoms with Crippen molar-refractivity contribution in [2.75, 3.05) is 25.1 Å². The largest absolute Gasteiger partial charge is 0.497 e. The standard InChI is InChI=1S/C29H26N6O/c1-36-25-4-2-3-21(15-25)27-28(20-9-12-30-13-10-20)33-35-26(11-14-31-29(27)35)19-5-7-23(8-6-19)34-18-22-16-24(34)17-32-22/h2-15,22,24,32H,16-18H2,1H3/t22-,24-/m1/s1. The van der Waals surface area contributed by atoms with Gasteiger partial charge >= 0.3 is 0 Å². The van der Waals surface area contributed by atoms with Crippen LogP contribution in [-0.2, 0) is 0 Å². The zero-order valence-corrected chi connectivity index (χ0v) is 20.0. The van der Waals surface area contributed by atoms with Crippen molar-refractivity contribution in [1.29, 1.82) is 0 Å². The molecule has 0 unspecified atom stereocenters. The van der Waals surface area contributed by atoms with E-state index in [1.54, 1.807) is 19.5 Å². The lowest BCUT2D eigenvalue weighted by molar-refractivity contribution is 0.415. The van der Waals surface area contributed by atoms with Crippen molar-refractivity contribution in [1.82, 2.24) is 24.9 Å². The fourth-order valence-corrected chi connectivity index (χ4v) is 5.62. The molecule has 5 heterocycles. The van der Waals surface area contributed by atoms with E-state index in [4.69, 9.17) is 14.8 Å². The minimum Gasteiger partial charge on any atom is -0.497 e. The lowest BCUT2D eigenvalue weighted by atomic mass is 10.0. The van der Waals surface area contributed by atoms with E-state index in [2.05, 4.69) is 45.5 Å². The lowest BCUT2D eigenvalue weighted by Crippen LogP contribution is -2.43. The number of pyridine rings is 1. The molecule has 2 bridgehead atoms. The molecule has 2 fully saturated rings. The molecule has 3 aromatic heterocycles. The van der Waals surface area contributed by atoms with E-state index < -0.39 is 0 Å². The van der Waals surface area contributed by atoms with Crippen LogP contribution < -0.4 is 15.0 Å². The molecular formula is C29H26N6O. The normalized spacial score (nSPS) is 18.8. The molecule has 2 aliphatic rings. The van der Waals surface area contributed by atoms with Crippen LogP contribution in [0.3, 0.4) is 0 Å². The fraction of sp³-hybridized carbons (Fsp3) is 0.207. The zero-order valence-electron chi connectivity index (χ0n) is 20.0. The van der Waals surface area contributed by atoms with Crippen LogP contribution in [0.4, 0.5) is 5.69 Å². The van der Waals surface area contributed by atoms with Gasteiger partial charge in [-0.1, -0.05) is 24.3 Å². The maximum absolute atomic E-state index is 5.51. The summed E-state index contributed by atoms with van der Waals surface area (Å²) in [5.74, 6) is 0.796. The Morgan fingerprint density at radius 3 is 2.53 bits per heavy atom. The van der Waals surface area contributed by atoms with Crippen LogP contribution in [-0.4, -0.2) is 51.9 Å². The highest BCUT2D eigenvalue weighted by Gasteiger charge is 2.37. The minimum absolute atomic E-state index is 0.605. The van der Waals surface area contributed by atoms with Gasteiger partial charge in [-0.3, -0.25) is 4.98 Å². The van der Waals surface area contributed by atoms with Gasteiger partial charge in [-0.25, -0.2) is 9.50 Å². The van der Waals surface area contributed by atoms with Crippen LogP contribution in [0.2, 0.25) is 0 Å². The second-order valence-corrected chi connectivity index (χ2v) is 9.45. The van der Waals surface area contributed by atoms with Crippen molar-refractivity contribution < 1.29 is 4.74 Å². The van der Waals surface area contributed by atoms with Crippen LogP contribution in [0.1, 0.15) is 6.42 Å². The summed E-state index contributed by atoms with van der Waals surface area (Å²) in [7, 11) is 1.68. The van der Waals surface area contributed by atoms with Gasteiger partial charge in [0.05, 0.1) is 18.4 Å². The first-order chi connectivity index (χ1) is 17.8. The van der Waals surface area contributed by atoms with E-state index in [0.717, 1.165) is 58.1 Å². The molecule has 178 valence electrons. The van der Waals surface area contributed by atoms with Crippen molar-refractivity contribution >= 4 is 11.3 Å². The molecule has 7 rings (SSSR count). The number of hydrogen-bond acceptors (Lipinski definition) is 6. The van der Waals surface area contributed by atoms with E-state index in [9.17, 15) is 0 Å². The third kappa shape index (κ3) is 3.43. The van der Waals surface area contributed by atoms with Crippen LogP contribution in [0.5, 0.6) is 5.75 Å². The quantitative estimate of drug-likeness (QED) is 0.399. The fourth-order valence-electron chi connectivity index (χ4n) is 5.62. The first kappa shape index (κ1) is 21.1. The summed E-state index contributed by atoms with van der Waals surface area (Å²) in [6.07, 6.45) is 6.70. The Bertz CT molecular complexity index is 1550. The van der Waals surface area contributed by atoms with Gasteiger partial charge in [0.25, 0.3) is 0 Å². The summed E-state index contributed by atoms with van der Waals surface area (Å²) in [5, 5.41) is 8.67. The number of fused-ring (bicyclic) bond motifs is 3. The molecule has 0 saturated carbocycles. The number of piperazine rings is 1. The summed E-state index contributed by atoms with van der Waals surface area (Å²) in [5.41, 5.74) is 8.03. The highest BCUT2D eigenvalue weighted by Crippen LogP contribution is 2.37. The Morgan fingerprint density at radius 2 is 1.78 bits per heavy atom. The average molecular weight is 475 g/mol. The van der Waals surface area contributed by atoms with Gasteiger partial charge in [0.2, 0.25) is 0 Å². The molecule has 0 amide bonds. The minimum atomic E-state index is 0.605. The van der Waals surface area contributed by atoms with E-state index in [1.807, 2.05) is 47.1 Å². The molecule has 5 aromatic rings. The van der Waals surface area contributed by atoms with Crippen molar-refractivity contribution in [3.63, 3.8) is 0 Å². The molecule has 0 spiro atoms. The molecule has 2 aliphatic heterocycles. The third-order valence-corrected chi connectivity index (χ3v) is 7.38. The topological polar surface area (TPSA) is 67.6 Å². The number of hydrogen-bond donors (Lipinski definition) is 1. The molecule has 2 saturated heterocycles. The molecular weight excluding hydrogens is 448 g/mol. The molecule has 7 nitrogen and oxygen atoms in total. The smallest absolute Gasteiger partial charge is 0.164 e. The van der Waals surface area contributed by atoms with E-state index in [0.29, 0.717) is 12.1 Å². The van der Waals surface area contributed by atoms with Gasteiger partial charge in [-0.05, 0) is 54.4 Å². The molecule has 7 heteroatoms. The predicted octanol–water partition coefficient (Wildman–Crippen LogP) is 4.68. The monoisotopic (exact) mass is 474 g/mol. The Balaban J connectivity index is 1.36. The number of nitrogens with zero attached hydrogens (tertiary/aromatic N) is 5. The molecule has 1 N–H and O–H groups in total. The molecule has 2 atom stereocenters. The second kappa shape index (κ2) is 8.46. The number of aromatic nitrogens is 4. The van der Waals surface area contributed by atoms with Gasteiger partial charge in [0.15, 0.2) is 5.65 Å². The van der Waals surface area contributed by atoms with Crippen molar-refractivity contribution in [2.45, 2.75) is 18.5 Å². The van der Waals surface area contributed by atoms with E-state index >= 15 is 0 Å². The summed E-state index contributed by atoms with van der Waals surface area (Å²) < 4.78 is 7.47. The Morgan fingerprint density at radius 1 is 0.917 bits per heavy atom. The number of benzene rings is 2. The number of nitrogens with one attached hydrogen (secondary N) is 1. The first-order valence-corrected chi connectivity index (χ1v) is 12.3. The van der Waals surface area contributed by atoms with Gasteiger partial charge in [0.1, 0.15) is 11.4 Å². The molecule has 0 radical (unpaired) electrons. The third-order valence-electron chi connectivity index (χ3n) is 7.38. The summed E-state index contributed by atoms with van der Waals surface area (Å²) in [6, 6.07) is 24.1. The molecule has 36 heavy (non-hydrogen) atoms. The Labute approximate surface area is 209 Å². The van der Waals surface area contributed by atoms with Crippen molar-refractivity contribution in [3.8, 4) is 39.4 Å². The maximum Gasteiger partial charge on any atom is 0.164 e. The van der Waals surface area contributed by atoms with Crippen molar-refractivity contribution in [3.05, 3.63) is 85.3 Å². The highest BCUT2D eigenvalue weighted by atomic mass is 16.5. The van der Waals surface area contributed by atoms with Gasteiger partial charge in [0, 0.05) is 60.6 Å². The van der Waals surface area contributed by atoms with Crippen molar-refractivity contribution in [2.24, 2.45) is 0 Å². The van der Waals surface area contributed by atoms with Crippen LogP contribution >= 0.6 is 0 Å². The summed E-state index contributed by atoms with van der Waals surface area (Å²) in [6.45, 7) is 2.16. The number of methoxy groups -OCH3 is 1. The van der Waals surface area contributed by atoms with Crippen LogP contribution in [0, 0.1) is 0 Å². The number of rotatable bonds is 5. The van der Waals surface area contributed by atoms with Gasteiger partial charge in [-0.2, -0.15) is 5.10 Å². The van der Waals surface area contributed by atoms with Crippen LogP contribution in [0.15, 0.2) is 85.3 Å². The van der Waals surface area contributed by atoms with Gasteiger partial charge < -0.3 is 15.0 Å². The van der Waals surface area contributed by atoms with Gasteiger partial charge in [-0.15, -0.1) is 0 Å². The average Bonchev–Trinajstić information content (AvgIpc) is 3.68. The molecule has 2 aromatic carbocycles. The SMILES string of the molecule is COc1cccc(-c2c(-c3ccncc3)nn3c(-c4ccc(N5C[C@H]6C[C@@H]5CN6)cc4)ccnc23)c1. The highest BCUT2D eigenvalue weighted by molar-refractivity contribution is 5.91. The maximum atomic E-state index is 5.51. The number of ether oxygens (including phenoxy) is 1. The zero-order chi connectivity index (χ0) is 24.1. The lowest BCUT2D eigenvalue weighted by Gasteiger charge is -2.29. The number of anilines is 1. The first-order valence-electron chi connectivity index (χ1n) is 12.3. The summed E-state index contributed by atoms with van der Waals surface area (Å²) in [4.78, 5) is 11.5. The Kier molecular flexibility index (Phi) is 4.96. The second-order valence-electron chi connectivity index (χ2n) is 9.45. The summed E-state index contributed by atoms with van der Waals surface area (Å²) >= 11 is 0. The molecule has 0 aliphatic carbocycles. The predicted molar refractivity (Wildman–Crippen MR) is 141 cm³/mol. The van der Waals surface area contributed by atoms with E-state index in [-0.39, 0.29) is 0 Å².